The molecular weight excluding hydrogens is 216 g/mol. The molecule has 0 aromatic carbocycles. The molecule has 12 heavy (non-hydrogen) atoms. The summed E-state index contributed by atoms with van der Waals surface area (Å²) < 4.78 is 0. The van der Waals surface area contributed by atoms with Crippen molar-refractivity contribution >= 4 is 35.1 Å². The second kappa shape index (κ2) is 9.99. The van der Waals surface area contributed by atoms with Gasteiger partial charge in [0.2, 0.25) is 0 Å². The third kappa shape index (κ3) is 9.00. The van der Waals surface area contributed by atoms with E-state index in [1.807, 2.05) is 0 Å². The minimum atomic E-state index is -0.269. The van der Waals surface area contributed by atoms with Gasteiger partial charge in [0, 0.05) is 28.9 Å². The first-order valence-corrected chi connectivity index (χ1v) is 6.66. The van der Waals surface area contributed by atoms with Crippen molar-refractivity contribution < 1.29 is 10.2 Å². The molecule has 0 spiro atoms. The van der Waals surface area contributed by atoms with Crippen LogP contribution in [0.2, 0.25) is 0 Å². The lowest BCUT2D eigenvalue weighted by atomic mass is 10.5. The highest BCUT2D eigenvalue weighted by Gasteiger charge is 2.03. The minimum Gasteiger partial charge on any atom is -0.396 e. The Morgan fingerprint density at radius 3 is 2.25 bits per heavy atom. The minimum absolute atomic E-state index is 0.187. The van der Waals surface area contributed by atoms with Gasteiger partial charge in [0.1, 0.15) is 0 Å². The Morgan fingerprint density at radius 2 is 1.75 bits per heavy atom. The number of halogens is 1. The molecule has 2 nitrogen and oxygen atoms in total. The van der Waals surface area contributed by atoms with Crippen molar-refractivity contribution in [2.75, 3.05) is 35.5 Å². The van der Waals surface area contributed by atoms with Crippen LogP contribution < -0.4 is 0 Å². The van der Waals surface area contributed by atoms with Gasteiger partial charge in [0.15, 0.2) is 0 Å². The van der Waals surface area contributed by atoms with Crippen LogP contribution in [0, 0.1) is 0 Å². The van der Waals surface area contributed by atoms with Crippen LogP contribution in [0.4, 0.5) is 0 Å². The summed E-state index contributed by atoms with van der Waals surface area (Å²) in [4.78, 5) is 0. The number of rotatable bonds is 8. The van der Waals surface area contributed by atoms with E-state index >= 15 is 0 Å². The van der Waals surface area contributed by atoms with E-state index in [4.69, 9.17) is 16.7 Å². The van der Waals surface area contributed by atoms with Gasteiger partial charge in [0.25, 0.3) is 0 Å². The topological polar surface area (TPSA) is 40.5 Å². The van der Waals surface area contributed by atoms with Gasteiger partial charge in [-0.1, -0.05) is 0 Å². The summed E-state index contributed by atoms with van der Waals surface area (Å²) in [5, 5.41) is 17.8. The van der Waals surface area contributed by atoms with Gasteiger partial charge >= 0.3 is 0 Å². The SMILES string of the molecule is OCCSCC(O)CSCCCl. The van der Waals surface area contributed by atoms with Gasteiger partial charge in [-0.05, 0) is 0 Å². The summed E-state index contributed by atoms with van der Waals surface area (Å²) in [6.45, 7) is 0.187. The molecule has 5 heteroatoms. The number of aliphatic hydroxyl groups excluding tert-OH is 2. The van der Waals surface area contributed by atoms with Crippen LogP contribution in [0.1, 0.15) is 0 Å². The molecule has 0 amide bonds. The Kier molecular flexibility index (Phi) is 10.8. The lowest BCUT2D eigenvalue weighted by Crippen LogP contribution is -2.14. The first-order valence-electron chi connectivity index (χ1n) is 3.81. The van der Waals surface area contributed by atoms with Crippen LogP contribution in [-0.2, 0) is 0 Å². The zero-order valence-electron chi connectivity index (χ0n) is 6.91. The summed E-state index contributed by atoms with van der Waals surface area (Å²) >= 11 is 8.71. The second-order valence-electron chi connectivity index (χ2n) is 2.22. The standard InChI is InChI=1S/C7H15ClO2S2/c8-1-3-11-5-7(10)6-12-4-2-9/h7,9-10H,1-6H2. The van der Waals surface area contributed by atoms with E-state index < -0.39 is 0 Å². The van der Waals surface area contributed by atoms with E-state index in [1.54, 1.807) is 23.5 Å². The maximum Gasteiger partial charge on any atom is 0.0720 e. The van der Waals surface area contributed by atoms with Crippen LogP contribution in [-0.4, -0.2) is 51.8 Å². The van der Waals surface area contributed by atoms with Gasteiger partial charge in [-0.25, -0.2) is 0 Å². The van der Waals surface area contributed by atoms with Crippen molar-refractivity contribution in [2.45, 2.75) is 6.10 Å². The Bertz CT molecular complexity index is 85.5. The third-order valence-electron chi connectivity index (χ3n) is 1.08. The molecule has 0 aromatic heterocycles. The number of hydrogen-bond donors (Lipinski definition) is 2. The predicted octanol–water partition coefficient (Wildman–Crippen LogP) is 1.04. The summed E-state index contributed by atoms with van der Waals surface area (Å²) in [6.07, 6.45) is -0.269. The lowest BCUT2D eigenvalue weighted by Gasteiger charge is -2.08. The zero-order valence-corrected chi connectivity index (χ0v) is 9.30. The fourth-order valence-electron chi connectivity index (χ4n) is 0.606. The fourth-order valence-corrected chi connectivity index (χ4v) is 2.43. The molecule has 1 unspecified atom stereocenters. The molecule has 0 aliphatic rings. The van der Waals surface area contributed by atoms with Crippen molar-refractivity contribution in [3.05, 3.63) is 0 Å². The molecule has 0 bridgehead atoms. The van der Waals surface area contributed by atoms with Gasteiger partial charge < -0.3 is 10.2 Å². The van der Waals surface area contributed by atoms with Gasteiger partial charge in [0.05, 0.1) is 12.7 Å². The molecule has 0 radical (unpaired) electrons. The quantitative estimate of drug-likeness (QED) is 0.483. The van der Waals surface area contributed by atoms with E-state index in [0.29, 0.717) is 17.4 Å². The van der Waals surface area contributed by atoms with E-state index in [1.165, 1.54) is 0 Å². The molecule has 0 saturated heterocycles. The number of aliphatic hydroxyl groups is 2. The Hall–Kier alpha value is 0.910. The number of alkyl halides is 1. The highest BCUT2D eigenvalue weighted by Crippen LogP contribution is 2.08. The van der Waals surface area contributed by atoms with Crippen molar-refractivity contribution in [3.63, 3.8) is 0 Å². The fraction of sp³-hybridized carbons (Fsp3) is 1.00. The molecular formula is C7H15ClO2S2. The van der Waals surface area contributed by atoms with E-state index in [9.17, 15) is 5.11 Å². The summed E-state index contributed by atoms with van der Waals surface area (Å²) in [7, 11) is 0. The van der Waals surface area contributed by atoms with Crippen LogP contribution >= 0.6 is 35.1 Å². The van der Waals surface area contributed by atoms with Crippen LogP contribution in [0.5, 0.6) is 0 Å². The first-order chi connectivity index (χ1) is 5.81. The molecule has 0 rings (SSSR count). The Balaban J connectivity index is 3.04. The average molecular weight is 231 g/mol. The summed E-state index contributed by atoms with van der Waals surface area (Å²) in [5.74, 6) is 3.68. The molecule has 0 heterocycles. The monoisotopic (exact) mass is 230 g/mol. The molecule has 0 saturated carbocycles. The van der Waals surface area contributed by atoms with E-state index in [2.05, 4.69) is 0 Å². The van der Waals surface area contributed by atoms with Crippen molar-refractivity contribution in [1.29, 1.82) is 0 Å². The van der Waals surface area contributed by atoms with E-state index in [0.717, 1.165) is 11.5 Å². The highest BCUT2D eigenvalue weighted by molar-refractivity contribution is 8.00. The number of hydrogen-bond acceptors (Lipinski definition) is 4. The summed E-state index contributed by atoms with van der Waals surface area (Å²) in [6, 6.07) is 0. The smallest absolute Gasteiger partial charge is 0.0720 e. The number of thioether (sulfide) groups is 2. The van der Waals surface area contributed by atoms with Crippen molar-refractivity contribution in [2.24, 2.45) is 0 Å². The van der Waals surface area contributed by atoms with Crippen LogP contribution in [0.15, 0.2) is 0 Å². The Morgan fingerprint density at radius 1 is 1.17 bits per heavy atom. The second-order valence-corrected chi connectivity index (χ2v) is 4.89. The predicted molar refractivity (Wildman–Crippen MR) is 58.5 cm³/mol. The van der Waals surface area contributed by atoms with Crippen molar-refractivity contribution in [3.8, 4) is 0 Å². The highest BCUT2D eigenvalue weighted by atomic mass is 35.5. The maximum absolute atomic E-state index is 9.34. The zero-order chi connectivity index (χ0) is 9.23. The third-order valence-corrected chi connectivity index (χ3v) is 3.70. The maximum atomic E-state index is 9.34. The lowest BCUT2D eigenvalue weighted by molar-refractivity contribution is 0.225. The first kappa shape index (κ1) is 12.9. The van der Waals surface area contributed by atoms with Gasteiger partial charge in [-0.15, -0.1) is 11.6 Å². The molecule has 0 fully saturated rings. The molecule has 74 valence electrons. The van der Waals surface area contributed by atoms with E-state index in [-0.39, 0.29) is 12.7 Å². The van der Waals surface area contributed by atoms with Crippen LogP contribution in [0.3, 0.4) is 0 Å². The molecule has 0 aliphatic carbocycles. The summed E-state index contributed by atoms with van der Waals surface area (Å²) in [5.41, 5.74) is 0. The average Bonchev–Trinajstić information content (AvgIpc) is 2.06. The van der Waals surface area contributed by atoms with Crippen LogP contribution in [0.25, 0.3) is 0 Å². The van der Waals surface area contributed by atoms with Gasteiger partial charge in [-0.2, -0.15) is 23.5 Å². The van der Waals surface area contributed by atoms with Gasteiger partial charge in [-0.3, -0.25) is 0 Å². The molecule has 1 atom stereocenters. The molecule has 0 aromatic rings. The molecule has 2 N–H and O–H groups in total. The Labute approximate surface area is 87.1 Å². The normalized spacial score (nSPS) is 13.2. The largest absolute Gasteiger partial charge is 0.396 e. The molecule has 0 aliphatic heterocycles. The van der Waals surface area contributed by atoms with Crippen molar-refractivity contribution in [1.82, 2.24) is 0 Å².